The van der Waals surface area contributed by atoms with Crippen molar-refractivity contribution in [2.45, 2.75) is 12.5 Å². The van der Waals surface area contributed by atoms with E-state index in [9.17, 15) is 4.79 Å². The zero-order valence-corrected chi connectivity index (χ0v) is 16.4. The van der Waals surface area contributed by atoms with Crippen LogP contribution in [0.1, 0.15) is 34.1 Å². The first-order valence-electron chi connectivity index (χ1n) is 8.74. The molecule has 27 heavy (non-hydrogen) atoms. The summed E-state index contributed by atoms with van der Waals surface area (Å²) in [6.45, 7) is 1.21. The summed E-state index contributed by atoms with van der Waals surface area (Å²) >= 11 is 3.46. The van der Waals surface area contributed by atoms with Crippen LogP contribution in [0.5, 0.6) is 0 Å². The Morgan fingerprint density at radius 2 is 2.07 bits per heavy atom. The van der Waals surface area contributed by atoms with Crippen molar-refractivity contribution in [2.24, 2.45) is 0 Å². The summed E-state index contributed by atoms with van der Waals surface area (Å²) in [7, 11) is 1.67. The number of hydrogen-bond acceptors (Lipinski definition) is 4. The van der Waals surface area contributed by atoms with E-state index in [1.165, 1.54) is 0 Å². The van der Waals surface area contributed by atoms with Gasteiger partial charge in [-0.3, -0.25) is 14.9 Å². The Hall–Kier alpha value is -2.51. The van der Waals surface area contributed by atoms with Gasteiger partial charge in [0.1, 0.15) is 5.69 Å². The van der Waals surface area contributed by atoms with E-state index in [0.717, 1.165) is 33.3 Å². The lowest BCUT2D eigenvalue weighted by Crippen LogP contribution is -2.31. The van der Waals surface area contributed by atoms with E-state index in [1.54, 1.807) is 13.3 Å². The van der Waals surface area contributed by atoms with Gasteiger partial charge in [-0.2, -0.15) is 5.10 Å². The van der Waals surface area contributed by atoms with E-state index in [4.69, 9.17) is 4.74 Å². The normalized spacial score (nSPS) is 16.0. The van der Waals surface area contributed by atoms with E-state index in [0.29, 0.717) is 18.8 Å². The summed E-state index contributed by atoms with van der Waals surface area (Å²) in [5.41, 5.74) is 4.21. The predicted molar refractivity (Wildman–Crippen MR) is 105 cm³/mol. The number of halogens is 1. The van der Waals surface area contributed by atoms with Crippen molar-refractivity contribution in [2.75, 3.05) is 20.3 Å². The van der Waals surface area contributed by atoms with Gasteiger partial charge in [-0.15, -0.1) is 0 Å². The standard InChI is InChI=1S/C20H19BrN4O2/c1-27-11-3-10-25-19(14-4-2-9-22-12-14)16-17(23-24-18(16)20(25)26)13-5-7-15(21)8-6-13/h2,4-9,12,19H,3,10-11H2,1H3,(H,23,24). The Morgan fingerprint density at radius 1 is 1.26 bits per heavy atom. The summed E-state index contributed by atoms with van der Waals surface area (Å²) in [5, 5.41) is 7.43. The molecule has 6 nitrogen and oxygen atoms in total. The summed E-state index contributed by atoms with van der Waals surface area (Å²) in [6, 6.07) is 11.6. The van der Waals surface area contributed by atoms with E-state index >= 15 is 0 Å². The first-order valence-corrected chi connectivity index (χ1v) is 9.54. The number of amides is 1. The molecular formula is C20H19BrN4O2. The van der Waals surface area contributed by atoms with Crippen LogP contribution >= 0.6 is 15.9 Å². The lowest BCUT2D eigenvalue weighted by Gasteiger charge is -2.26. The van der Waals surface area contributed by atoms with Gasteiger partial charge in [-0.05, 0) is 30.2 Å². The summed E-state index contributed by atoms with van der Waals surface area (Å²) in [4.78, 5) is 19.2. The van der Waals surface area contributed by atoms with E-state index < -0.39 is 0 Å². The number of hydrogen-bond donors (Lipinski definition) is 1. The van der Waals surface area contributed by atoms with Crippen molar-refractivity contribution in [3.05, 3.63) is 70.1 Å². The van der Waals surface area contributed by atoms with Gasteiger partial charge in [0.05, 0.1) is 11.7 Å². The number of H-pyrrole nitrogens is 1. The number of methoxy groups -OCH3 is 1. The van der Waals surface area contributed by atoms with Crippen LogP contribution in [0.15, 0.2) is 53.3 Å². The molecule has 0 saturated heterocycles. The zero-order chi connectivity index (χ0) is 18.8. The maximum Gasteiger partial charge on any atom is 0.273 e. The summed E-state index contributed by atoms with van der Waals surface area (Å²) in [6.07, 6.45) is 4.32. The minimum atomic E-state index is -0.213. The minimum absolute atomic E-state index is 0.0363. The van der Waals surface area contributed by atoms with Crippen LogP contribution in [0.2, 0.25) is 0 Å². The molecule has 0 bridgehead atoms. The Balaban J connectivity index is 1.80. The molecule has 1 aliphatic rings. The van der Waals surface area contributed by atoms with Gasteiger partial charge in [0.15, 0.2) is 0 Å². The lowest BCUT2D eigenvalue weighted by molar-refractivity contribution is 0.0723. The fraction of sp³-hybridized carbons (Fsp3) is 0.250. The molecule has 0 spiro atoms. The van der Waals surface area contributed by atoms with Crippen molar-refractivity contribution in [3.8, 4) is 11.3 Å². The quantitative estimate of drug-likeness (QED) is 0.608. The first kappa shape index (κ1) is 17.9. The third-order valence-electron chi connectivity index (χ3n) is 4.73. The molecular weight excluding hydrogens is 408 g/mol. The predicted octanol–water partition coefficient (Wildman–Crippen LogP) is 3.82. The van der Waals surface area contributed by atoms with Crippen LogP contribution in [0.3, 0.4) is 0 Å². The fourth-order valence-electron chi connectivity index (χ4n) is 3.52. The molecule has 1 atom stereocenters. The summed E-state index contributed by atoms with van der Waals surface area (Å²) in [5.74, 6) is -0.0363. The highest BCUT2D eigenvalue weighted by atomic mass is 79.9. The van der Waals surface area contributed by atoms with Gasteiger partial charge in [-0.1, -0.05) is 34.1 Å². The molecule has 0 radical (unpaired) electrons. The third-order valence-corrected chi connectivity index (χ3v) is 5.26. The molecule has 1 amide bonds. The molecule has 7 heteroatoms. The number of pyridine rings is 1. The first-order chi connectivity index (χ1) is 13.2. The van der Waals surface area contributed by atoms with Gasteiger partial charge in [0.2, 0.25) is 0 Å². The number of benzene rings is 1. The SMILES string of the molecule is COCCCN1C(=O)c2[nH]nc(-c3ccc(Br)cc3)c2C1c1cccnc1. The van der Waals surface area contributed by atoms with Crippen LogP contribution in [0, 0.1) is 0 Å². The number of aromatic nitrogens is 3. The number of nitrogens with one attached hydrogen (secondary N) is 1. The second-order valence-corrected chi connectivity index (χ2v) is 7.32. The van der Waals surface area contributed by atoms with Gasteiger partial charge < -0.3 is 9.64 Å². The Kier molecular flexibility index (Phi) is 5.05. The molecule has 3 heterocycles. The minimum Gasteiger partial charge on any atom is -0.385 e. The van der Waals surface area contributed by atoms with Crippen LogP contribution in [-0.4, -0.2) is 46.2 Å². The van der Waals surface area contributed by atoms with Crippen LogP contribution in [0.25, 0.3) is 11.3 Å². The van der Waals surface area contributed by atoms with Crippen molar-refractivity contribution in [1.82, 2.24) is 20.1 Å². The largest absolute Gasteiger partial charge is 0.385 e. The lowest BCUT2D eigenvalue weighted by atomic mass is 9.97. The molecule has 0 aliphatic carbocycles. The number of rotatable bonds is 6. The molecule has 1 aliphatic heterocycles. The van der Waals surface area contributed by atoms with Crippen molar-refractivity contribution in [3.63, 3.8) is 0 Å². The highest BCUT2D eigenvalue weighted by Gasteiger charge is 2.41. The number of aromatic amines is 1. The highest BCUT2D eigenvalue weighted by Crippen LogP contribution is 2.42. The van der Waals surface area contributed by atoms with Crippen molar-refractivity contribution >= 4 is 21.8 Å². The molecule has 1 aromatic carbocycles. The Morgan fingerprint density at radius 3 is 2.78 bits per heavy atom. The average Bonchev–Trinajstić information content (AvgIpc) is 3.23. The third kappa shape index (κ3) is 3.28. The maximum absolute atomic E-state index is 13.1. The smallest absolute Gasteiger partial charge is 0.273 e. The molecule has 2 aromatic heterocycles. The Labute approximate surface area is 165 Å². The van der Waals surface area contributed by atoms with Crippen LogP contribution in [0.4, 0.5) is 0 Å². The molecule has 1 unspecified atom stereocenters. The van der Waals surface area contributed by atoms with Crippen LogP contribution < -0.4 is 0 Å². The monoisotopic (exact) mass is 426 g/mol. The second kappa shape index (κ2) is 7.62. The molecule has 0 fully saturated rings. The number of nitrogens with zero attached hydrogens (tertiary/aromatic N) is 3. The molecule has 138 valence electrons. The zero-order valence-electron chi connectivity index (χ0n) is 14.9. The van der Waals surface area contributed by atoms with Gasteiger partial charge in [0, 0.05) is 48.3 Å². The number of carbonyl (C=O) groups is 1. The second-order valence-electron chi connectivity index (χ2n) is 6.40. The van der Waals surface area contributed by atoms with E-state index in [1.807, 2.05) is 47.5 Å². The number of carbonyl (C=O) groups excluding carboxylic acids is 1. The maximum atomic E-state index is 13.1. The van der Waals surface area contributed by atoms with Gasteiger partial charge in [0.25, 0.3) is 5.91 Å². The fourth-order valence-corrected chi connectivity index (χ4v) is 3.78. The molecule has 0 saturated carbocycles. The van der Waals surface area contributed by atoms with Gasteiger partial charge in [-0.25, -0.2) is 0 Å². The Bertz CT molecular complexity index is 940. The summed E-state index contributed by atoms with van der Waals surface area (Å²) < 4.78 is 6.17. The van der Waals surface area contributed by atoms with E-state index in [2.05, 4.69) is 31.1 Å². The van der Waals surface area contributed by atoms with Crippen molar-refractivity contribution in [1.29, 1.82) is 0 Å². The number of ether oxygens (including phenoxy) is 1. The number of fused-ring (bicyclic) bond motifs is 1. The molecule has 3 aromatic rings. The molecule has 4 rings (SSSR count). The van der Waals surface area contributed by atoms with Crippen LogP contribution in [-0.2, 0) is 4.74 Å². The van der Waals surface area contributed by atoms with E-state index in [-0.39, 0.29) is 11.9 Å². The van der Waals surface area contributed by atoms with Crippen molar-refractivity contribution < 1.29 is 9.53 Å². The highest BCUT2D eigenvalue weighted by molar-refractivity contribution is 9.10. The topological polar surface area (TPSA) is 71.1 Å². The molecule has 1 N–H and O–H groups in total. The van der Waals surface area contributed by atoms with Gasteiger partial charge >= 0.3 is 0 Å². The average molecular weight is 427 g/mol.